The van der Waals surface area contributed by atoms with Crippen molar-refractivity contribution in [1.29, 1.82) is 0 Å². The van der Waals surface area contributed by atoms with Crippen LogP contribution in [0.3, 0.4) is 0 Å². The second kappa shape index (κ2) is 4.84. The Balaban J connectivity index is 2.30. The van der Waals surface area contributed by atoms with Crippen molar-refractivity contribution >= 4 is 39.0 Å². The summed E-state index contributed by atoms with van der Waals surface area (Å²) < 4.78 is 27.2. The molecule has 0 atom stereocenters. The van der Waals surface area contributed by atoms with Gasteiger partial charge in [0.15, 0.2) is 4.34 Å². The van der Waals surface area contributed by atoms with Crippen molar-refractivity contribution in [3.63, 3.8) is 0 Å². The van der Waals surface area contributed by atoms with Crippen LogP contribution < -0.4 is 10.9 Å². The van der Waals surface area contributed by atoms with Crippen molar-refractivity contribution in [3.05, 3.63) is 24.0 Å². The van der Waals surface area contributed by atoms with E-state index in [0.717, 1.165) is 9.24 Å². The second-order valence-electron chi connectivity index (χ2n) is 3.45. The number of rotatable bonds is 3. The topological polar surface area (TPSA) is 112 Å². The van der Waals surface area contributed by atoms with Gasteiger partial charge in [-0.25, -0.2) is 18.5 Å². The number of nitrogens with two attached hydrogens (primary N) is 2. The highest BCUT2D eigenvalue weighted by molar-refractivity contribution is 8.01. The average Bonchev–Trinajstić information content (AvgIpc) is 2.62. The number of benzene rings is 1. The van der Waals surface area contributed by atoms with Crippen molar-refractivity contribution in [2.45, 2.75) is 21.1 Å². The van der Waals surface area contributed by atoms with Crippen molar-refractivity contribution < 1.29 is 8.42 Å². The van der Waals surface area contributed by atoms with Gasteiger partial charge < -0.3 is 5.73 Å². The first-order chi connectivity index (χ1) is 8.36. The maximum atomic E-state index is 11.2. The Bertz CT molecular complexity index is 681. The first-order valence-electron chi connectivity index (χ1n) is 4.77. The molecule has 0 unspecified atom stereocenters. The maximum Gasteiger partial charge on any atom is 0.240 e. The van der Waals surface area contributed by atoms with E-state index in [4.69, 9.17) is 10.9 Å². The molecule has 1 aromatic heterocycles. The monoisotopic (exact) mass is 302 g/mol. The lowest BCUT2D eigenvalue weighted by Gasteiger charge is -2.04. The molecule has 6 nitrogen and oxygen atoms in total. The number of nitrogens with zero attached hydrogens (tertiary/aromatic N) is 2. The SMILES string of the molecule is Cc1nsc(Sc2ccc(S(N)(=O)=O)c(N)c2)n1. The van der Waals surface area contributed by atoms with Gasteiger partial charge in [-0.3, -0.25) is 0 Å². The standard InChI is InChI=1S/C9H10N4O2S3/c1-5-12-9(17-13-5)16-6-2-3-8(7(10)4-6)18(11,14)15/h2-4H,10H2,1H3,(H2,11,14,15). The lowest BCUT2D eigenvalue weighted by atomic mass is 10.3. The van der Waals surface area contributed by atoms with Crippen LogP contribution in [0.5, 0.6) is 0 Å². The van der Waals surface area contributed by atoms with E-state index in [0.29, 0.717) is 5.82 Å². The zero-order valence-electron chi connectivity index (χ0n) is 9.32. The van der Waals surface area contributed by atoms with E-state index >= 15 is 0 Å². The molecule has 0 saturated heterocycles. The molecule has 0 saturated carbocycles. The Hall–Kier alpha value is -1.16. The molecule has 96 valence electrons. The zero-order chi connectivity index (χ0) is 13.3. The Morgan fingerprint density at radius 2 is 2.11 bits per heavy atom. The molecule has 2 rings (SSSR count). The lowest BCUT2D eigenvalue weighted by Crippen LogP contribution is -2.14. The number of anilines is 1. The summed E-state index contributed by atoms with van der Waals surface area (Å²) in [6, 6.07) is 4.58. The van der Waals surface area contributed by atoms with E-state index in [1.807, 2.05) is 0 Å². The van der Waals surface area contributed by atoms with Gasteiger partial charge in [-0.1, -0.05) is 11.8 Å². The largest absolute Gasteiger partial charge is 0.398 e. The van der Waals surface area contributed by atoms with E-state index in [2.05, 4.69) is 9.36 Å². The van der Waals surface area contributed by atoms with E-state index < -0.39 is 10.0 Å². The number of nitrogen functional groups attached to an aromatic ring is 1. The number of primary sulfonamides is 1. The minimum atomic E-state index is -3.78. The van der Waals surface area contributed by atoms with Crippen molar-refractivity contribution in [3.8, 4) is 0 Å². The van der Waals surface area contributed by atoms with Gasteiger partial charge in [0.25, 0.3) is 0 Å². The van der Waals surface area contributed by atoms with Gasteiger partial charge in [-0.15, -0.1) is 0 Å². The fourth-order valence-electron chi connectivity index (χ4n) is 1.27. The fourth-order valence-corrected chi connectivity index (χ4v) is 3.59. The fraction of sp³-hybridized carbons (Fsp3) is 0.111. The van der Waals surface area contributed by atoms with Crippen LogP contribution in [-0.4, -0.2) is 17.8 Å². The van der Waals surface area contributed by atoms with Gasteiger partial charge >= 0.3 is 0 Å². The molecule has 9 heteroatoms. The molecule has 1 heterocycles. The average molecular weight is 302 g/mol. The highest BCUT2D eigenvalue weighted by Crippen LogP contribution is 2.31. The number of aromatic nitrogens is 2. The molecule has 0 spiro atoms. The quantitative estimate of drug-likeness (QED) is 0.825. The summed E-state index contributed by atoms with van der Waals surface area (Å²) in [6.45, 7) is 1.80. The summed E-state index contributed by atoms with van der Waals surface area (Å²) in [6.07, 6.45) is 0. The van der Waals surface area contributed by atoms with Gasteiger partial charge in [0.2, 0.25) is 10.0 Å². The van der Waals surface area contributed by atoms with Crippen LogP contribution in [0, 0.1) is 6.92 Å². The van der Waals surface area contributed by atoms with Crippen LogP contribution >= 0.6 is 23.3 Å². The third kappa shape index (κ3) is 2.99. The first kappa shape index (κ1) is 13.3. The minimum Gasteiger partial charge on any atom is -0.398 e. The second-order valence-corrected chi connectivity index (χ2v) is 7.06. The molecule has 0 aliphatic carbocycles. The van der Waals surface area contributed by atoms with E-state index in [1.54, 1.807) is 19.1 Å². The van der Waals surface area contributed by atoms with Crippen LogP contribution in [-0.2, 0) is 10.0 Å². The summed E-state index contributed by atoms with van der Waals surface area (Å²) in [5, 5.41) is 5.03. The third-order valence-corrected chi connectivity index (χ3v) is 4.82. The maximum absolute atomic E-state index is 11.2. The molecule has 0 radical (unpaired) electrons. The molecule has 0 bridgehead atoms. The Labute approximate surface area is 113 Å². The highest BCUT2D eigenvalue weighted by atomic mass is 32.2. The normalized spacial score (nSPS) is 11.7. The molecule has 0 aliphatic heterocycles. The molecular formula is C9H10N4O2S3. The van der Waals surface area contributed by atoms with Gasteiger partial charge in [0.05, 0.1) is 5.69 Å². The van der Waals surface area contributed by atoms with Crippen molar-refractivity contribution in [1.82, 2.24) is 9.36 Å². The summed E-state index contributed by atoms with van der Waals surface area (Å²) in [7, 11) is -3.78. The number of aryl methyl sites for hydroxylation is 1. The molecular weight excluding hydrogens is 292 g/mol. The predicted octanol–water partition coefficient (Wildman–Crippen LogP) is 1.23. The first-order valence-corrected chi connectivity index (χ1v) is 7.90. The lowest BCUT2D eigenvalue weighted by molar-refractivity contribution is 0.598. The Kier molecular flexibility index (Phi) is 3.57. The van der Waals surface area contributed by atoms with Crippen LogP contribution in [0.25, 0.3) is 0 Å². The third-order valence-electron chi connectivity index (χ3n) is 2.00. The summed E-state index contributed by atoms with van der Waals surface area (Å²) in [5.41, 5.74) is 5.79. The predicted molar refractivity (Wildman–Crippen MR) is 71.0 cm³/mol. The molecule has 0 amide bonds. The number of hydrogen-bond acceptors (Lipinski definition) is 7. The zero-order valence-corrected chi connectivity index (χ0v) is 11.8. The molecule has 4 N–H and O–H groups in total. The summed E-state index contributed by atoms with van der Waals surface area (Å²) in [4.78, 5) is 4.91. The van der Waals surface area contributed by atoms with Crippen LogP contribution in [0.15, 0.2) is 32.3 Å². The van der Waals surface area contributed by atoms with E-state index in [1.165, 1.54) is 29.4 Å². The van der Waals surface area contributed by atoms with E-state index in [-0.39, 0.29) is 10.6 Å². The molecule has 0 aliphatic rings. The Morgan fingerprint density at radius 3 is 2.61 bits per heavy atom. The Morgan fingerprint density at radius 1 is 1.39 bits per heavy atom. The van der Waals surface area contributed by atoms with Gasteiger partial charge in [-0.2, -0.15) is 4.37 Å². The van der Waals surface area contributed by atoms with Crippen LogP contribution in [0.1, 0.15) is 5.82 Å². The smallest absolute Gasteiger partial charge is 0.240 e. The van der Waals surface area contributed by atoms with Crippen molar-refractivity contribution in [2.24, 2.45) is 5.14 Å². The van der Waals surface area contributed by atoms with Gasteiger partial charge in [0.1, 0.15) is 10.7 Å². The molecule has 1 aromatic carbocycles. The number of sulfonamides is 1. The highest BCUT2D eigenvalue weighted by Gasteiger charge is 2.13. The minimum absolute atomic E-state index is 0.0692. The van der Waals surface area contributed by atoms with Gasteiger partial charge in [-0.05, 0) is 36.7 Å². The molecule has 2 aromatic rings. The van der Waals surface area contributed by atoms with Crippen LogP contribution in [0.4, 0.5) is 5.69 Å². The molecule has 0 fully saturated rings. The number of hydrogen-bond donors (Lipinski definition) is 2. The van der Waals surface area contributed by atoms with E-state index in [9.17, 15) is 8.42 Å². The molecule has 18 heavy (non-hydrogen) atoms. The van der Waals surface area contributed by atoms with Crippen molar-refractivity contribution in [2.75, 3.05) is 5.73 Å². The van der Waals surface area contributed by atoms with Crippen LogP contribution in [0.2, 0.25) is 0 Å². The summed E-state index contributed by atoms with van der Waals surface area (Å²) in [5.74, 6) is 0.705. The van der Waals surface area contributed by atoms with Gasteiger partial charge in [0, 0.05) is 4.90 Å². The summed E-state index contributed by atoms with van der Waals surface area (Å²) >= 11 is 2.65.